The number of ether oxygens (including phenoxy) is 1. The fourth-order valence-electron chi connectivity index (χ4n) is 4.44. The molecule has 3 aliphatic rings. The predicted molar refractivity (Wildman–Crippen MR) is 101 cm³/mol. The molecule has 3 saturated heterocycles. The van der Waals surface area contributed by atoms with Crippen molar-refractivity contribution in [3.8, 4) is 5.75 Å². The van der Waals surface area contributed by atoms with Crippen LogP contribution in [-0.4, -0.2) is 49.6 Å². The molecule has 4 nitrogen and oxygen atoms in total. The van der Waals surface area contributed by atoms with Crippen LogP contribution in [0, 0.1) is 11.8 Å². The summed E-state index contributed by atoms with van der Waals surface area (Å²) in [6.07, 6.45) is 5.62. The van der Waals surface area contributed by atoms with Gasteiger partial charge in [-0.2, -0.15) is 0 Å². The van der Waals surface area contributed by atoms with Gasteiger partial charge in [-0.1, -0.05) is 6.08 Å². The maximum absolute atomic E-state index is 11.2. The number of pyridine rings is 1. The summed E-state index contributed by atoms with van der Waals surface area (Å²) in [5.41, 5.74) is 1.85. The van der Waals surface area contributed by atoms with Crippen molar-refractivity contribution in [3.63, 3.8) is 0 Å². The molecule has 4 heterocycles. The summed E-state index contributed by atoms with van der Waals surface area (Å²) >= 11 is 0. The molecule has 1 aromatic heterocycles. The Labute approximate surface area is 151 Å². The standard InChI is InChI=1S/C20H24N2O2.B/c1-3-13-12-22-9-7-14(13)10-19(22)20(23)16-6-8-21-18-5-4-15(24-2)11-17(16)18;/h3-6,8,11,13-14,19-20,23H,1,7,9-10,12H2,2H3;/t13-,14?,19+,20-;/m1./s1. The van der Waals surface area contributed by atoms with Crippen LogP contribution in [0.25, 0.3) is 10.9 Å². The number of aliphatic hydroxyl groups is 1. The third-order valence-electron chi connectivity index (χ3n) is 5.82. The number of piperidine rings is 3. The van der Waals surface area contributed by atoms with Crippen molar-refractivity contribution in [2.75, 3.05) is 20.2 Å². The minimum atomic E-state index is -0.504. The topological polar surface area (TPSA) is 45.6 Å². The van der Waals surface area contributed by atoms with E-state index in [-0.39, 0.29) is 14.5 Å². The average molecular weight is 335 g/mol. The van der Waals surface area contributed by atoms with Gasteiger partial charge in [-0.25, -0.2) is 0 Å². The molecule has 2 bridgehead atoms. The maximum atomic E-state index is 11.2. The molecule has 2 aromatic rings. The number of methoxy groups -OCH3 is 1. The van der Waals surface area contributed by atoms with Gasteiger partial charge in [-0.3, -0.25) is 9.88 Å². The van der Waals surface area contributed by atoms with E-state index < -0.39 is 6.10 Å². The summed E-state index contributed by atoms with van der Waals surface area (Å²) in [5.74, 6) is 2.01. The van der Waals surface area contributed by atoms with Crippen LogP contribution in [0.4, 0.5) is 0 Å². The summed E-state index contributed by atoms with van der Waals surface area (Å²) in [6.45, 7) is 6.07. The molecule has 5 heteroatoms. The van der Waals surface area contributed by atoms with Crippen LogP contribution < -0.4 is 4.74 Å². The average Bonchev–Trinajstić information content (AvgIpc) is 2.66. The fraction of sp³-hybridized carbons (Fsp3) is 0.450. The zero-order valence-corrected chi connectivity index (χ0v) is 14.6. The lowest BCUT2D eigenvalue weighted by molar-refractivity contribution is -0.0444. The third kappa shape index (κ3) is 3.07. The van der Waals surface area contributed by atoms with Crippen molar-refractivity contribution in [1.29, 1.82) is 0 Å². The number of hydrogen-bond acceptors (Lipinski definition) is 4. The lowest BCUT2D eigenvalue weighted by Gasteiger charge is -2.50. The van der Waals surface area contributed by atoms with E-state index in [1.165, 1.54) is 6.42 Å². The molecule has 1 aromatic carbocycles. The Morgan fingerprint density at radius 2 is 2.24 bits per heavy atom. The number of fused-ring (bicyclic) bond motifs is 4. The Morgan fingerprint density at radius 1 is 1.40 bits per heavy atom. The van der Waals surface area contributed by atoms with Gasteiger partial charge in [0.2, 0.25) is 0 Å². The Balaban J connectivity index is 0.00000182. The second kappa shape index (κ2) is 7.18. The molecule has 3 aliphatic heterocycles. The van der Waals surface area contributed by atoms with Crippen LogP contribution in [0.3, 0.4) is 0 Å². The summed E-state index contributed by atoms with van der Waals surface area (Å²) in [6, 6.07) is 7.96. The van der Waals surface area contributed by atoms with E-state index in [0.717, 1.165) is 41.7 Å². The minimum absolute atomic E-state index is 0. The second-order valence-corrected chi connectivity index (χ2v) is 6.97. The van der Waals surface area contributed by atoms with Crippen molar-refractivity contribution < 1.29 is 9.84 Å². The normalized spacial score (nSPS) is 29.0. The SMILES string of the molecule is C=C[C@@H]1CN2CCC1C[C@H]2[C@H](O)c1ccnc2ccc(OC)cc12.[B]. The van der Waals surface area contributed by atoms with Gasteiger partial charge in [0, 0.05) is 32.6 Å². The van der Waals surface area contributed by atoms with E-state index in [1.54, 1.807) is 13.3 Å². The molecule has 129 valence electrons. The van der Waals surface area contributed by atoms with Crippen LogP contribution >= 0.6 is 0 Å². The summed E-state index contributed by atoms with van der Waals surface area (Å²) in [5, 5.41) is 12.1. The van der Waals surface area contributed by atoms with E-state index in [4.69, 9.17) is 4.74 Å². The Hall–Kier alpha value is -1.85. The van der Waals surface area contributed by atoms with Gasteiger partial charge in [0.1, 0.15) is 5.75 Å². The number of aromatic nitrogens is 1. The van der Waals surface area contributed by atoms with Gasteiger partial charge >= 0.3 is 0 Å². The van der Waals surface area contributed by atoms with E-state index >= 15 is 0 Å². The Bertz CT molecular complexity index is 766. The minimum Gasteiger partial charge on any atom is -0.497 e. The third-order valence-corrected chi connectivity index (χ3v) is 5.82. The number of rotatable bonds is 4. The van der Waals surface area contributed by atoms with Crippen LogP contribution in [-0.2, 0) is 0 Å². The highest BCUT2D eigenvalue weighted by atomic mass is 16.5. The van der Waals surface area contributed by atoms with Crippen LogP contribution in [0.1, 0.15) is 24.5 Å². The zero-order valence-electron chi connectivity index (χ0n) is 14.6. The van der Waals surface area contributed by atoms with E-state index in [1.807, 2.05) is 24.3 Å². The molecule has 5 atom stereocenters. The van der Waals surface area contributed by atoms with Gasteiger partial charge in [0.05, 0.1) is 18.7 Å². The molecule has 0 amide bonds. The van der Waals surface area contributed by atoms with E-state index in [9.17, 15) is 5.11 Å². The summed E-state index contributed by atoms with van der Waals surface area (Å²) in [7, 11) is 1.66. The first-order chi connectivity index (χ1) is 11.7. The van der Waals surface area contributed by atoms with Crippen molar-refractivity contribution in [2.24, 2.45) is 11.8 Å². The molecule has 0 spiro atoms. The van der Waals surface area contributed by atoms with Gasteiger partial charge < -0.3 is 9.84 Å². The molecule has 2 unspecified atom stereocenters. The van der Waals surface area contributed by atoms with Crippen molar-refractivity contribution in [2.45, 2.75) is 25.0 Å². The molecule has 3 radical (unpaired) electrons. The predicted octanol–water partition coefficient (Wildman–Crippen LogP) is 2.79. The lowest BCUT2D eigenvalue weighted by atomic mass is 9.73. The number of nitrogens with zero attached hydrogens (tertiary/aromatic N) is 2. The van der Waals surface area contributed by atoms with Crippen LogP contribution in [0.5, 0.6) is 5.75 Å². The first-order valence-corrected chi connectivity index (χ1v) is 8.68. The van der Waals surface area contributed by atoms with E-state index in [2.05, 4.69) is 22.5 Å². The molecule has 0 aliphatic carbocycles. The number of hydrogen-bond donors (Lipinski definition) is 1. The first kappa shape index (κ1) is 18.0. The van der Waals surface area contributed by atoms with E-state index in [0.29, 0.717) is 11.8 Å². The van der Waals surface area contributed by atoms with Crippen LogP contribution in [0.15, 0.2) is 43.1 Å². The highest BCUT2D eigenvalue weighted by Gasteiger charge is 2.42. The van der Waals surface area contributed by atoms with Crippen molar-refractivity contribution in [3.05, 3.63) is 48.7 Å². The monoisotopic (exact) mass is 335 g/mol. The smallest absolute Gasteiger partial charge is 0.119 e. The van der Waals surface area contributed by atoms with Gasteiger partial charge in [0.25, 0.3) is 0 Å². The van der Waals surface area contributed by atoms with Crippen molar-refractivity contribution >= 4 is 19.3 Å². The number of aliphatic hydroxyl groups excluding tert-OH is 1. The molecular formula is C20H24BN2O2. The van der Waals surface area contributed by atoms with Gasteiger partial charge in [-0.05, 0) is 61.1 Å². The number of benzene rings is 1. The highest BCUT2D eigenvalue weighted by Crippen LogP contribution is 2.42. The summed E-state index contributed by atoms with van der Waals surface area (Å²) in [4.78, 5) is 6.86. The van der Waals surface area contributed by atoms with Crippen LogP contribution in [0.2, 0.25) is 0 Å². The first-order valence-electron chi connectivity index (χ1n) is 8.68. The van der Waals surface area contributed by atoms with Gasteiger partial charge in [0.15, 0.2) is 0 Å². The lowest BCUT2D eigenvalue weighted by Crippen LogP contribution is -2.54. The molecule has 0 saturated carbocycles. The fourth-order valence-corrected chi connectivity index (χ4v) is 4.44. The maximum Gasteiger partial charge on any atom is 0.119 e. The summed E-state index contributed by atoms with van der Waals surface area (Å²) < 4.78 is 5.35. The Kier molecular flexibility index (Phi) is 5.16. The molecule has 1 N–H and O–H groups in total. The Morgan fingerprint density at radius 3 is 2.92 bits per heavy atom. The largest absolute Gasteiger partial charge is 0.497 e. The second-order valence-electron chi connectivity index (χ2n) is 6.97. The molecular weight excluding hydrogens is 311 g/mol. The molecule has 3 fully saturated rings. The highest BCUT2D eigenvalue weighted by molar-refractivity contribution is 5.83. The molecule has 5 rings (SSSR count). The quantitative estimate of drug-likeness (QED) is 0.689. The zero-order chi connectivity index (χ0) is 16.7. The van der Waals surface area contributed by atoms with Crippen molar-refractivity contribution in [1.82, 2.24) is 9.88 Å². The van der Waals surface area contributed by atoms with Gasteiger partial charge in [-0.15, -0.1) is 6.58 Å². The molecule has 25 heavy (non-hydrogen) atoms.